The van der Waals surface area contributed by atoms with Gasteiger partial charge in [-0.2, -0.15) is 0 Å². The number of carbonyl (C=O) groups excluding carboxylic acids is 1. The van der Waals surface area contributed by atoms with Gasteiger partial charge in [0.25, 0.3) is 5.69 Å². The van der Waals surface area contributed by atoms with E-state index in [1.54, 1.807) is 24.3 Å². The quantitative estimate of drug-likeness (QED) is 0.295. The van der Waals surface area contributed by atoms with Crippen LogP contribution in [0.25, 0.3) is 0 Å². The van der Waals surface area contributed by atoms with Crippen LogP contribution in [0, 0.1) is 10.1 Å². The van der Waals surface area contributed by atoms with Crippen LogP contribution in [0.3, 0.4) is 0 Å². The van der Waals surface area contributed by atoms with Gasteiger partial charge >= 0.3 is 5.97 Å². The molecule has 0 aliphatic carbocycles. The Hall–Kier alpha value is -2.74. The van der Waals surface area contributed by atoms with Gasteiger partial charge in [0.1, 0.15) is 0 Å². The van der Waals surface area contributed by atoms with Gasteiger partial charge in [-0.25, -0.2) is 4.79 Å². The van der Waals surface area contributed by atoms with E-state index in [1.165, 1.54) is 24.3 Å². The lowest BCUT2D eigenvalue weighted by atomic mass is 10.2. The molecule has 112 valence electrons. The van der Waals surface area contributed by atoms with Gasteiger partial charge in [-0.3, -0.25) is 10.1 Å². The second-order valence-corrected chi connectivity index (χ2v) is 5.09. The van der Waals surface area contributed by atoms with Gasteiger partial charge in [0.2, 0.25) is 0 Å². The number of amidine groups is 1. The summed E-state index contributed by atoms with van der Waals surface area (Å²) < 4.78 is 0.720. The van der Waals surface area contributed by atoms with Crippen molar-refractivity contribution in [3.05, 3.63) is 74.2 Å². The molecule has 2 rings (SSSR count). The monoisotopic (exact) mass is 363 g/mol. The number of halogens is 1. The van der Waals surface area contributed by atoms with Crippen molar-refractivity contribution in [3.8, 4) is 0 Å². The molecule has 0 aromatic heterocycles. The predicted octanol–water partition coefficient (Wildman–Crippen LogP) is 2.83. The third-order valence-electron chi connectivity index (χ3n) is 2.64. The number of non-ortho nitro benzene ring substituents is 1. The average molecular weight is 364 g/mol. The van der Waals surface area contributed by atoms with Crippen LogP contribution in [-0.2, 0) is 4.84 Å². The maximum absolute atomic E-state index is 11.8. The van der Waals surface area contributed by atoms with Crippen LogP contribution in [0.2, 0.25) is 0 Å². The predicted molar refractivity (Wildman–Crippen MR) is 83.4 cm³/mol. The summed E-state index contributed by atoms with van der Waals surface area (Å²) in [6, 6.07) is 12.1. The normalized spacial score (nSPS) is 11.0. The van der Waals surface area contributed by atoms with Gasteiger partial charge in [-0.05, 0) is 18.2 Å². The molecule has 22 heavy (non-hydrogen) atoms. The molecule has 0 saturated heterocycles. The smallest absolute Gasteiger partial charge is 0.365 e. The number of nitro benzene ring substituents is 1. The fourth-order valence-corrected chi connectivity index (χ4v) is 1.99. The molecule has 0 spiro atoms. The Balaban J connectivity index is 2.14. The average Bonchev–Trinajstić information content (AvgIpc) is 2.52. The number of nitrogens with two attached hydrogens (primary N) is 1. The van der Waals surface area contributed by atoms with Crippen LogP contribution in [0.4, 0.5) is 5.69 Å². The number of rotatable bonds is 4. The first-order valence-electron chi connectivity index (χ1n) is 6.02. The molecule has 7 nitrogen and oxygen atoms in total. The molecular weight excluding hydrogens is 354 g/mol. The number of oxime groups is 1. The zero-order chi connectivity index (χ0) is 16.1. The number of nitro groups is 1. The lowest BCUT2D eigenvalue weighted by molar-refractivity contribution is -0.384. The minimum absolute atomic E-state index is 0.131. The minimum atomic E-state index is -0.685. The molecule has 0 unspecified atom stereocenters. The van der Waals surface area contributed by atoms with Crippen molar-refractivity contribution in [3.63, 3.8) is 0 Å². The van der Waals surface area contributed by atoms with Crippen molar-refractivity contribution in [1.82, 2.24) is 0 Å². The molecule has 0 aliphatic rings. The van der Waals surface area contributed by atoms with Crippen LogP contribution in [0.1, 0.15) is 15.9 Å². The van der Waals surface area contributed by atoms with Crippen molar-refractivity contribution in [2.45, 2.75) is 0 Å². The van der Waals surface area contributed by atoms with E-state index < -0.39 is 10.9 Å². The van der Waals surface area contributed by atoms with Gasteiger partial charge in [0.15, 0.2) is 5.84 Å². The topological polar surface area (TPSA) is 108 Å². The number of carbonyl (C=O) groups is 1. The first kappa shape index (κ1) is 15.6. The molecule has 0 radical (unpaired) electrons. The summed E-state index contributed by atoms with van der Waals surface area (Å²) >= 11 is 3.24. The van der Waals surface area contributed by atoms with E-state index in [4.69, 9.17) is 10.6 Å². The molecule has 2 aromatic rings. The van der Waals surface area contributed by atoms with Crippen LogP contribution >= 0.6 is 15.9 Å². The van der Waals surface area contributed by atoms with Gasteiger partial charge in [0, 0.05) is 22.2 Å². The Bertz CT molecular complexity index is 761. The Kier molecular flexibility index (Phi) is 4.84. The van der Waals surface area contributed by atoms with Crippen LogP contribution in [0.15, 0.2) is 58.2 Å². The molecular formula is C14H10BrN3O4. The highest BCUT2D eigenvalue weighted by atomic mass is 79.9. The molecule has 0 bridgehead atoms. The summed E-state index contributed by atoms with van der Waals surface area (Å²) in [4.78, 5) is 26.7. The summed E-state index contributed by atoms with van der Waals surface area (Å²) in [6.07, 6.45) is 0. The molecule has 0 aliphatic heterocycles. The first-order valence-corrected chi connectivity index (χ1v) is 6.82. The molecule has 0 amide bonds. The molecule has 2 aromatic carbocycles. The van der Waals surface area contributed by atoms with E-state index in [2.05, 4.69) is 21.1 Å². The largest absolute Gasteiger partial charge is 0.380 e. The molecule has 0 atom stereocenters. The lowest BCUT2D eigenvalue weighted by Crippen LogP contribution is -2.15. The number of benzene rings is 2. The second kappa shape index (κ2) is 6.81. The van der Waals surface area contributed by atoms with Crippen LogP contribution in [0.5, 0.6) is 0 Å². The third-order valence-corrected chi connectivity index (χ3v) is 3.13. The third kappa shape index (κ3) is 3.89. The van der Waals surface area contributed by atoms with Gasteiger partial charge in [0.05, 0.1) is 10.5 Å². The molecule has 8 heteroatoms. The SMILES string of the molecule is N/C(=N/OC(=O)c1cccc(Br)c1)c1cccc([N+](=O)[O-])c1. The molecule has 2 N–H and O–H groups in total. The van der Waals surface area contributed by atoms with Crippen molar-refractivity contribution in [1.29, 1.82) is 0 Å². The van der Waals surface area contributed by atoms with Crippen LogP contribution < -0.4 is 5.73 Å². The maximum Gasteiger partial charge on any atom is 0.365 e. The van der Waals surface area contributed by atoms with E-state index in [0.717, 1.165) is 4.47 Å². The van der Waals surface area contributed by atoms with E-state index >= 15 is 0 Å². The van der Waals surface area contributed by atoms with Crippen LogP contribution in [-0.4, -0.2) is 16.7 Å². The van der Waals surface area contributed by atoms with E-state index in [-0.39, 0.29) is 17.1 Å². The maximum atomic E-state index is 11.8. The summed E-state index contributed by atoms with van der Waals surface area (Å²) in [5, 5.41) is 14.2. The van der Waals surface area contributed by atoms with Crippen molar-refractivity contribution >= 4 is 33.4 Å². The van der Waals surface area contributed by atoms with E-state index in [0.29, 0.717) is 5.56 Å². The van der Waals surface area contributed by atoms with Gasteiger partial charge in [-0.1, -0.05) is 39.3 Å². The summed E-state index contributed by atoms with van der Waals surface area (Å²) in [5.74, 6) is -0.818. The summed E-state index contributed by atoms with van der Waals surface area (Å²) in [6.45, 7) is 0. The highest BCUT2D eigenvalue weighted by molar-refractivity contribution is 9.10. The number of nitrogens with zero attached hydrogens (tertiary/aromatic N) is 2. The van der Waals surface area contributed by atoms with E-state index in [1.807, 2.05) is 0 Å². The number of hydrogen-bond donors (Lipinski definition) is 1. The zero-order valence-electron chi connectivity index (χ0n) is 11.1. The van der Waals surface area contributed by atoms with Crippen molar-refractivity contribution in [2.24, 2.45) is 10.9 Å². The van der Waals surface area contributed by atoms with E-state index in [9.17, 15) is 14.9 Å². The fourth-order valence-electron chi connectivity index (χ4n) is 1.59. The standard InChI is InChI=1S/C14H10BrN3O4/c15-11-5-1-4-10(7-11)14(19)22-17-13(16)9-3-2-6-12(8-9)18(20)21/h1-8H,(H2,16,17). The minimum Gasteiger partial charge on any atom is -0.380 e. The zero-order valence-corrected chi connectivity index (χ0v) is 12.7. The van der Waals surface area contributed by atoms with Gasteiger partial charge < -0.3 is 10.6 Å². The highest BCUT2D eigenvalue weighted by Gasteiger charge is 2.10. The molecule has 0 fully saturated rings. The summed E-state index contributed by atoms with van der Waals surface area (Å²) in [5.41, 5.74) is 6.12. The lowest BCUT2D eigenvalue weighted by Gasteiger charge is -2.02. The Labute approximate surface area is 133 Å². The fraction of sp³-hybridized carbons (Fsp3) is 0. The Morgan fingerprint density at radius 1 is 1.18 bits per heavy atom. The molecule has 0 heterocycles. The van der Waals surface area contributed by atoms with Gasteiger partial charge in [-0.15, -0.1) is 0 Å². The Morgan fingerprint density at radius 2 is 1.86 bits per heavy atom. The highest BCUT2D eigenvalue weighted by Crippen LogP contribution is 2.14. The molecule has 0 saturated carbocycles. The second-order valence-electron chi connectivity index (χ2n) is 4.17. The number of hydrogen-bond acceptors (Lipinski definition) is 5. The summed E-state index contributed by atoms with van der Waals surface area (Å²) in [7, 11) is 0. The van der Waals surface area contributed by atoms with Crippen molar-refractivity contribution in [2.75, 3.05) is 0 Å². The first-order chi connectivity index (χ1) is 10.5. The van der Waals surface area contributed by atoms with Crippen molar-refractivity contribution < 1.29 is 14.6 Å². The Morgan fingerprint density at radius 3 is 2.55 bits per heavy atom.